The third-order valence-electron chi connectivity index (χ3n) is 3.72. The average molecular weight is 277 g/mol. The van der Waals surface area contributed by atoms with Gasteiger partial charge in [0.2, 0.25) is 0 Å². The van der Waals surface area contributed by atoms with E-state index in [1.165, 1.54) is 5.56 Å². The molecule has 0 spiro atoms. The van der Waals surface area contributed by atoms with E-state index < -0.39 is 0 Å². The number of hydrogen-bond donors (Lipinski definition) is 1. The van der Waals surface area contributed by atoms with Gasteiger partial charge in [0.05, 0.1) is 34.3 Å². The molecule has 1 aliphatic rings. The number of halogens is 1. The van der Waals surface area contributed by atoms with Gasteiger partial charge in [0, 0.05) is 13.6 Å². The largest absolute Gasteiger partial charge is 0.397 e. The molecule has 0 fully saturated rings. The lowest BCUT2D eigenvalue weighted by molar-refractivity contribution is 0.684. The lowest BCUT2D eigenvalue weighted by Crippen LogP contribution is -2.22. The van der Waals surface area contributed by atoms with Gasteiger partial charge in [0.15, 0.2) is 0 Å². The molecule has 1 aromatic carbocycles. The van der Waals surface area contributed by atoms with Crippen molar-refractivity contribution >= 4 is 23.0 Å². The molecule has 100 valence electrons. The zero-order chi connectivity index (χ0) is 13.6. The Morgan fingerprint density at radius 2 is 2.21 bits per heavy atom. The summed E-state index contributed by atoms with van der Waals surface area (Å²) >= 11 is 6.32. The Bertz CT molecular complexity index is 633. The fourth-order valence-corrected chi connectivity index (χ4v) is 2.98. The summed E-state index contributed by atoms with van der Waals surface area (Å²) in [6.07, 6.45) is 1.04. The van der Waals surface area contributed by atoms with E-state index in [9.17, 15) is 0 Å². The fraction of sp³-hybridized carbons (Fsp3) is 0.357. The second kappa shape index (κ2) is 4.46. The zero-order valence-corrected chi connectivity index (χ0v) is 11.9. The topological polar surface area (TPSA) is 47.1 Å². The minimum absolute atomic E-state index is 0.747. The monoisotopic (exact) mass is 276 g/mol. The van der Waals surface area contributed by atoms with E-state index in [1.807, 2.05) is 30.8 Å². The quantitative estimate of drug-likeness (QED) is 0.858. The van der Waals surface area contributed by atoms with Crippen molar-refractivity contribution in [2.75, 3.05) is 17.2 Å². The first-order valence-corrected chi connectivity index (χ1v) is 6.76. The zero-order valence-electron chi connectivity index (χ0n) is 11.2. The Morgan fingerprint density at radius 3 is 2.89 bits per heavy atom. The number of hydrogen-bond acceptors (Lipinski definition) is 3. The van der Waals surface area contributed by atoms with Crippen LogP contribution in [0.4, 0.5) is 11.4 Å². The summed E-state index contributed by atoms with van der Waals surface area (Å²) in [6.45, 7) is 3.65. The number of benzene rings is 1. The molecule has 0 saturated carbocycles. The first kappa shape index (κ1) is 12.4. The number of aryl methyl sites for hydroxylation is 2. The molecule has 1 aliphatic heterocycles. The van der Waals surface area contributed by atoms with Crippen molar-refractivity contribution in [3.05, 3.63) is 40.2 Å². The fourth-order valence-electron chi connectivity index (χ4n) is 2.76. The van der Waals surface area contributed by atoms with Gasteiger partial charge in [0.1, 0.15) is 0 Å². The molecule has 5 heteroatoms. The van der Waals surface area contributed by atoms with Crippen molar-refractivity contribution in [3.8, 4) is 0 Å². The van der Waals surface area contributed by atoms with Crippen LogP contribution in [0.5, 0.6) is 0 Å². The Hall–Kier alpha value is -1.68. The number of para-hydroxylation sites is 1. The van der Waals surface area contributed by atoms with Crippen LogP contribution >= 0.6 is 11.6 Å². The highest BCUT2D eigenvalue weighted by atomic mass is 35.5. The van der Waals surface area contributed by atoms with Crippen molar-refractivity contribution in [3.63, 3.8) is 0 Å². The number of nitrogen functional groups attached to an aromatic ring is 1. The predicted molar refractivity (Wildman–Crippen MR) is 78.6 cm³/mol. The second-order valence-corrected chi connectivity index (χ2v) is 5.37. The van der Waals surface area contributed by atoms with E-state index in [0.717, 1.165) is 47.3 Å². The molecular formula is C14H17ClN4. The van der Waals surface area contributed by atoms with Crippen molar-refractivity contribution < 1.29 is 0 Å². The summed E-state index contributed by atoms with van der Waals surface area (Å²) < 4.78 is 1.86. The highest BCUT2D eigenvalue weighted by Crippen LogP contribution is 2.35. The lowest BCUT2D eigenvalue weighted by atomic mass is 10.1. The highest BCUT2D eigenvalue weighted by molar-refractivity contribution is 6.31. The molecule has 2 heterocycles. The molecule has 1 aromatic heterocycles. The predicted octanol–water partition coefficient (Wildman–Crippen LogP) is 2.53. The number of anilines is 2. The van der Waals surface area contributed by atoms with E-state index in [4.69, 9.17) is 17.3 Å². The van der Waals surface area contributed by atoms with Gasteiger partial charge >= 0.3 is 0 Å². The van der Waals surface area contributed by atoms with Gasteiger partial charge in [-0.05, 0) is 25.0 Å². The Kier molecular flexibility index (Phi) is 2.90. The smallest absolute Gasteiger partial charge is 0.0865 e. The van der Waals surface area contributed by atoms with Crippen molar-refractivity contribution in [1.82, 2.24) is 9.78 Å². The third kappa shape index (κ3) is 1.96. The Labute approximate surface area is 117 Å². The van der Waals surface area contributed by atoms with Gasteiger partial charge in [-0.3, -0.25) is 4.68 Å². The maximum Gasteiger partial charge on any atom is 0.0865 e. The van der Waals surface area contributed by atoms with Crippen LogP contribution in [-0.2, 0) is 20.0 Å². The van der Waals surface area contributed by atoms with Gasteiger partial charge in [0.25, 0.3) is 0 Å². The Morgan fingerprint density at radius 1 is 1.42 bits per heavy atom. The molecule has 4 nitrogen and oxygen atoms in total. The molecule has 0 radical (unpaired) electrons. The molecular weight excluding hydrogens is 260 g/mol. The van der Waals surface area contributed by atoms with E-state index in [1.54, 1.807) is 0 Å². The molecule has 19 heavy (non-hydrogen) atoms. The summed E-state index contributed by atoms with van der Waals surface area (Å²) in [5.41, 5.74) is 11.3. The van der Waals surface area contributed by atoms with Gasteiger partial charge in [-0.15, -0.1) is 0 Å². The van der Waals surface area contributed by atoms with Gasteiger partial charge in [-0.2, -0.15) is 5.10 Å². The van der Waals surface area contributed by atoms with Crippen LogP contribution in [0.2, 0.25) is 5.02 Å². The molecule has 0 unspecified atom stereocenters. The first-order chi connectivity index (χ1) is 9.08. The van der Waals surface area contributed by atoms with E-state index in [2.05, 4.69) is 16.1 Å². The minimum Gasteiger partial charge on any atom is -0.397 e. The van der Waals surface area contributed by atoms with Gasteiger partial charge in [-0.25, -0.2) is 0 Å². The third-order valence-corrected chi connectivity index (χ3v) is 4.21. The van der Waals surface area contributed by atoms with Crippen LogP contribution in [0.25, 0.3) is 0 Å². The highest BCUT2D eigenvalue weighted by Gasteiger charge is 2.23. The summed E-state index contributed by atoms with van der Waals surface area (Å²) in [6, 6.07) is 6.11. The number of nitrogens with two attached hydrogens (primary N) is 1. The Balaban J connectivity index is 1.95. The molecule has 3 rings (SSSR count). The molecule has 2 aromatic rings. The maximum absolute atomic E-state index is 6.32. The standard InChI is InChI=1S/C14H17ClN4/c1-9-13(15)12(18(2)17-9)8-19-7-6-10-4-3-5-11(16)14(10)19/h3-5H,6-8,16H2,1-2H3. The summed E-state index contributed by atoms with van der Waals surface area (Å²) in [4.78, 5) is 2.28. The van der Waals surface area contributed by atoms with Crippen LogP contribution in [-0.4, -0.2) is 16.3 Å². The number of rotatable bonds is 2. The summed E-state index contributed by atoms with van der Waals surface area (Å²) in [5.74, 6) is 0. The molecule has 0 amide bonds. The van der Waals surface area contributed by atoms with Crippen molar-refractivity contribution in [2.45, 2.75) is 19.9 Å². The molecule has 0 atom stereocenters. The molecule has 0 aliphatic carbocycles. The van der Waals surface area contributed by atoms with Crippen LogP contribution in [0, 0.1) is 6.92 Å². The number of nitrogens with zero attached hydrogens (tertiary/aromatic N) is 3. The summed E-state index contributed by atoms with van der Waals surface area (Å²) in [7, 11) is 1.93. The summed E-state index contributed by atoms with van der Waals surface area (Å²) in [5, 5.41) is 5.11. The van der Waals surface area contributed by atoms with Gasteiger partial charge in [-0.1, -0.05) is 23.7 Å². The van der Waals surface area contributed by atoms with Crippen LogP contribution < -0.4 is 10.6 Å². The van der Waals surface area contributed by atoms with Crippen LogP contribution in [0.1, 0.15) is 17.0 Å². The van der Waals surface area contributed by atoms with Crippen LogP contribution in [0.3, 0.4) is 0 Å². The normalized spacial score (nSPS) is 13.9. The number of fused-ring (bicyclic) bond motifs is 1. The van der Waals surface area contributed by atoms with Crippen molar-refractivity contribution in [1.29, 1.82) is 0 Å². The lowest BCUT2D eigenvalue weighted by Gasteiger charge is -2.21. The molecule has 0 saturated heterocycles. The van der Waals surface area contributed by atoms with E-state index in [0.29, 0.717) is 0 Å². The minimum atomic E-state index is 0.747. The SMILES string of the molecule is Cc1nn(C)c(CN2CCc3cccc(N)c32)c1Cl. The second-order valence-electron chi connectivity index (χ2n) is 5.00. The van der Waals surface area contributed by atoms with Crippen molar-refractivity contribution in [2.24, 2.45) is 7.05 Å². The van der Waals surface area contributed by atoms with Gasteiger partial charge < -0.3 is 10.6 Å². The maximum atomic E-state index is 6.32. The van der Waals surface area contributed by atoms with Crippen LogP contribution in [0.15, 0.2) is 18.2 Å². The van der Waals surface area contributed by atoms with E-state index >= 15 is 0 Å². The first-order valence-electron chi connectivity index (χ1n) is 6.38. The molecule has 2 N–H and O–H groups in total. The average Bonchev–Trinajstić information content (AvgIpc) is 2.88. The molecule has 0 bridgehead atoms. The number of aromatic nitrogens is 2. The van der Waals surface area contributed by atoms with E-state index in [-0.39, 0.29) is 0 Å².